The van der Waals surface area contributed by atoms with E-state index in [4.69, 9.17) is 0 Å². The molecule has 12 rings (SSSR count). The second-order valence-electron chi connectivity index (χ2n) is 16.0. The summed E-state index contributed by atoms with van der Waals surface area (Å²) in [6, 6.07) is 86.7. The van der Waals surface area contributed by atoms with Gasteiger partial charge in [0.25, 0.3) is 0 Å². The number of fused-ring (bicyclic) bond motifs is 7. The van der Waals surface area contributed by atoms with E-state index >= 15 is 0 Å². The van der Waals surface area contributed by atoms with E-state index in [9.17, 15) is 0 Å². The summed E-state index contributed by atoms with van der Waals surface area (Å²) >= 11 is 1.90. The molecule has 62 heavy (non-hydrogen) atoms. The summed E-state index contributed by atoms with van der Waals surface area (Å²) < 4.78 is 5.04. The molecule has 0 atom stereocenters. The monoisotopic (exact) mass is 805 g/mol. The van der Waals surface area contributed by atoms with Crippen LogP contribution in [0.2, 0.25) is 0 Å². The summed E-state index contributed by atoms with van der Waals surface area (Å²) in [5.41, 5.74) is 18.1. The highest BCUT2D eigenvalue weighted by Crippen LogP contribution is 2.46. The normalized spacial score (nSPS) is 11.5. The van der Waals surface area contributed by atoms with Crippen LogP contribution < -0.4 is 0 Å². The number of nitrogens with zero attached hydrogens (tertiary/aromatic N) is 1. The van der Waals surface area contributed by atoms with Gasteiger partial charge in [0.15, 0.2) is 0 Å². The summed E-state index contributed by atoms with van der Waals surface area (Å²) in [4.78, 5) is 0. The third-order valence-electron chi connectivity index (χ3n) is 12.4. The molecule has 0 amide bonds. The summed E-state index contributed by atoms with van der Waals surface area (Å²) in [5.74, 6) is 0. The van der Waals surface area contributed by atoms with Gasteiger partial charge in [0.2, 0.25) is 0 Å². The van der Waals surface area contributed by atoms with Crippen molar-refractivity contribution in [3.63, 3.8) is 0 Å². The Bertz CT molecular complexity index is 3540. The molecule has 0 saturated carbocycles. The van der Waals surface area contributed by atoms with Gasteiger partial charge < -0.3 is 4.57 Å². The van der Waals surface area contributed by atoms with Crippen molar-refractivity contribution in [1.82, 2.24) is 4.57 Å². The van der Waals surface area contributed by atoms with Crippen LogP contribution in [0.25, 0.3) is 114 Å². The number of para-hydroxylation sites is 2. The van der Waals surface area contributed by atoms with E-state index in [2.05, 4.69) is 241 Å². The summed E-state index contributed by atoms with van der Waals surface area (Å²) in [6.45, 7) is 0. The predicted molar refractivity (Wildman–Crippen MR) is 266 cm³/mol. The van der Waals surface area contributed by atoms with Crippen LogP contribution in [0, 0.1) is 0 Å². The van der Waals surface area contributed by atoms with Gasteiger partial charge in [0, 0.05) is 36.6 Å². The minimum Gasteiger partial charge on any atom is -0.309 e. The lowest BCUT2D eigenvalue weighted by Gasteiger charge is -2.18. The summed E-state index contributed by atoms with van der Waals surface area (Å²) in [5, 5.41) is 5.18. The Morgan fingerprint density at radius 2 is 0.806 bits per heavy atom. The molecule has 0 aliphatic carbocycles. The Morgan fingerprint density at radius 3 is 1.50 bits per heavy atom. The zero-order valence-electron chi connectivity index (χ0n) is 33.9. The minimum absolute atomic E-state index is 1.18. The highest BCUT2D eigenvalue weighted by Gasteiger charge is 2.20. The SMILES string of the molecule is c1ccc(-c2cc(-c3ccccc3)cc(-c3cc(-c4ccccc4-c4ccccc4)ccc3-c3ccc4sc5c(ccc6c5c5ccccc5n6-c5ccccc5)c4c3)c2)cc1. The quantitative estimate of drug-likeness (QED) is 0.151. The van der Waals surface area contributed by atoms with Crippen molar-refractivity contribution in [2.45, 2.75) is 0 Å². The van der Waals surface area contributed by atoms with Crippen LogP contribution in [-0.2, 0) is 0 Å². The lowest BCUT2D eigenvalue weighted by molar-refractivity contribution is 1.18. The van der Waals surface area contributed by atoms with Gasteiger partial charge in [-0.05, 0) is 127 Å². The van der Waals surface area contributed by atoms with E-state index in [1.165, 1.54) is 114 Å². The first kappa shape index (κ1) is 36.1. The molecule has 2 aromatic heterocycles. The van der Waals surface area contributed by atoms with Gasteiger partial charge in [-0.2, -0.15) is 0 Å². The highest BCUT2D eigenvalue weighted by atomic mass is 32.1. The smallest absolute Gasteiger partial charge is 0.0555 e. The van der Waals surface area contributed by atoms with Crippen molar-refractivity contribution in [2.24, 2.45) is 0 Å². The topological polar surface area (TPSA) is 4.93 Å². The minimum atomic E-state index is 1.18. The molecular weight excluding hydrogens is 767 g/mol. The molecule has 0 aliphatic heterocycles. The molecule has 2 heteroatoms. The molecule has 1 nitrogen and oxygen atoms in total. The van der Waals surface area contributed by atoms with Crippen molar-refractivity contribution >= 4 is 53.3 Å². The number of rotatable bonds is 7. The Labute approximate surface area is 365 Å². The standard InChI is InChI=1S/C60H39NS/c1-5-17-40(18-6-1)45-35-46(41-19-7-2-8-20-41)37-47(36-45)54-38-43(50-26-14-13-25-49(50)42-21-9-3-10-22-42)29-31-51(54)44-30-34-58-55(39-44)52-32-33-57-59(60(52)62-58)53-27-15-16-28-56(53)61(57)48-23-11-4-12-24-48/h1-39H. The van der Waals surface area contributed by atoms with E-state index in [1.807, 2.05) is 11.3 Å². The predicted octanol–water partition coefficient (Wildman–Crippen LogP) is 17.2. The Hall–Kier alpha value is -7.78. The van der Waals surface area contributed by atoms with Gasteiger partial charge >= 0.3 is 0 Å². The van der Waals surface area contributed by atoms with Crippen LogP contribution in [0.4, 0.5) is 0 Å². The zero-order valence-corrected chi connectivity index (χ0v) is 34.7. The number of thiophene rings is 1. The number of hydrogen-bond donors (Lipinski definition) is 0. The van der Waals surface area contributed by atoms with E-state index < -0.39 is 0 Å². The molecule has 12 aromatic rings. The average molecular weight is 806 g/mol. The van der Waals surface area contributed by atoms with E-state index in [0.717, 1.165) is 0 Å². The van der Waals surface area contributed by atoms with Gasteiger partial charge in [-0.1, -0.05) is 176 Å². The third kappa shape index (κ3) is 6.15. The fraction of sp³-hybridized carbons (Fsp3) is 0. The van der Waals surface area contributed by atoms with Crippen LogP contribution in [-0.4, -0.2) is 4.57 Å². The van der Waals surface area contributed by atoms with Crippen molar-refractivity contribution in [1.29, 1.82) is 0 Å². The first-order valence-corrected chi connectivity index (χ1v) is 22.1. The Kier molecular flexibility index (Phi) is 8.76. The van der Waals surface area contributed by atoms with Gasteiger partial charge in [0.05, 0.1) is 11.0 Å². The van der Waals surface area contributed by atoms with Gasteiger partial charge in [-0.3, -0.25) is 0 Å². The first-order valence-electron chi connectivity index (χ1n) is 21.2. The average Bonchev–Trinajstić information content (AvgIpc) is 3.90. The number of hydrogen-bond acceptors (Lipinski definition) is 1. The highest BCUT2D eigenvalue weighted by molar-refractivity contribution is 7.26. The molecule has 290 valence electrons. The molecule has 0 unspecified atom stereocenters. The molecular formula is C60H39NS. The van der Waals surface area contributed by atoms with Gasteiger partial charge in [-0.15, -0.1) is 11.3 Å². The maximum atomic E-state index is 2.44. The molecule has 2 heterocycles. The molecule has 0 spiro atoms. The van der Waals surface area contributed by atoms with Crippen molar-refractivity contribution in [3.05, 3.63) is 237 Å². The summed E-state index contributed by atoms with van der Waals surface area (Å²) in [7, 11) is 0. The second-order valence-corrected chi connectivity index (χ2v) is 17.1. The molecule has 0 saturated heterocycles. The molecule has 0 aliphatic rings. The third-order valence-corrected chi connectivity index (χ3v) is 13.6. The summed E-state index contributed by atoms with van der Waals surface area (Å²) in [6.07, 6.45) is 0. The molecule has 0 N–H and O–H groups in total. The van der Waals surface area contributed by atoms with Crippen molar-refractivity contribution in [2.75, 3.05) is 0 Å². The van der Waals surface area contributed by atoms with E-state index in [0.29, 0.717) is 0 Å². The zero-order chi connectivity index (χ0) is 41.0. The lowest BCUT2D eigenvalue weighted by atomic mass is 9.86. The Morgan fingerprint density at radius 1 is 0.274 bits per heavy atom. The first-order chi connectivity index (χ1) is 30.7. The lowest BCUT2D eigenvalue weighted by Crippen LogP contribution is -1.92. The fourth-order valence-electron chi connectivity index (χ4n) is 9.49. The number of benzene rings is 10. The molecule has 0 bridgehead atoms. The van der Waals surface area contributed by atoms with Gasteiger partial charge in [-0.25, -0.2) is 0 Å². The van der Waals surface area contributed by atoms with Crippen LogP contribution in [0.3, 0.4) is 0 Å². The van der Waals surface area contributed by atoms with E-state index in [-0.39, 0.29) is 0 Å². The van der Waals surface area contributed by atoms with Crippen molar-refractivity contribution in [3.8, 4) is 72.4 Å². The maximum absolute atomic E-state index is 2.44. The Balaban J connectivity index is 1.09. The van der Waals surface area contributed by atoms with E-state index in [1.54, 1.807) is 0 Å². The largest absolute Gasteiger partial charge is 0.309 e. The van der Waals surface area contributed by atoms with Gasteiger partial charge in [0.1, 0.15) is 0 Å². The van der Waals surface area contributed by atoms with Crippen molar-refractivity contribution < 1.29 is 0 Å². The van der Waals surface area contributed by atoms with Crippen LogP contribution in [0.5, 0.6) is 0 Å². The fourth-order valence-corrected chi connectivity index (χ4v) is 10.7. The number of aromatic nitrogens is 1. The molecule has 0 fully saturated rings. The molecule has 10 aromatic carbocycles. The second kappa shape index (κ2) is 15.0. The maximum Gasteiger partial charge on any atom is 0.0555 e. The van der Waals surface area contributed by atoms with Crippen LogP contribution in [0.1, 0.15) is 0 Å². The van der Waals surface area contributed by atoms with Crippen LogP contribution >= 0.6 is 11.3 Å². The molecule has 0 radical (unpaired) electrons. The van der Waals surface area contributed by atoms with Crippen LogP contribution in [0.15, 0.2) is 237 Å².